The monoisotopic (exact) mass is 288 g/mol. The molecule has 1 aliphatic heterocycles. The number of hydrogen-bond acceptors (Lipinski definition) is 4. The normalized spacial score (nSPS) is 28.6. The van der Waals surface area contributed by atoms with Crippen molar-refractivity contribution in [2.75, 3.05) is 38.3 Å². The summed E-state index contributed by atoms with van der Waals surface area (Å²) in [6.07, 6.45) is 2.40. The molecule has 0 aliphatic carbocycles. The topological polar surface area (TPSA) is 38.5 Å². The Morgan fingerprint density at radius 2 is 2.11 bits per heavy atom. The van der Waals surface area contributed by atoms with Gasteiger partial charge in [0.15, 0.2) is 0 Å². The summed E-state index contributed by atoms with van der Waals surface area (Å²) >= 11 is 2.06. The minimum atomic E-state index is 0.101. The van der Waals surface area contributed by atoms with E-state index in [0.29, 0.717) is 6.04 Å². The lowest BCUT2D eigenvalue weighted by atomic mass is 9.69. The minimum Gasteiger partial charge on any atom is -0.383 e. The molecule has 0 spiro atoms. The van der Waals surface area contributed by atoms with Gasteiger partial charge in [-0.2, -0.15) is 11.8 Å². The molecule has 0 amide bonds. The van der Waals surface area contributed by atoms with Crippen molar-refractivity contribution in [3.05, 3.63) is 0 Å². The van der Waals surface area contributed by atoms with Crippen LogP contribution < -0.4 is 5.73 Å². The van der Waals surface area contributed by atoms with Crippen molar-refractivity contribution in [1.82, 2.24) is 4.90 Å². The number of ether oxygens (including phenoxy) is 1. The Labute approximate surface area is 123 Å². The SMILES string of the molecule is CCC(C)N(CCOC)C1(CN)CSCCC1(C)C. The zero-order chi connectivity index (χ0) is 14.5. The number of nitrogens with zero attached hydrogens (tertiary/aromatic N) is 1. The average molecular weight is 289 g/mol. The summed E-state index contributed by atoms with van der Waals surface area (Å²) in [6, 6.07) is 0.552. The molecule has 114 valence electrons. The number of methoxy groups -OCH3 is 1. The van der Waals surface area contributed by atoms with Crippen LogP contribution in [-0.2, 0) is 4.74 Å². The molecule has 0 aromatic rings. The number of hydrogen-bond donors (Lipinski definition) is 1. The summed E-state index contributed by atoms with van der Waals surface area (Å²) in [5, 5.41) is 0. The largest absolute Gasteiger partial charge is 0.383 e. The molecule has 3 nitrogen and oxygen atoms in total. The van der Waals surface area contributed by atoms with E-state index in [1.54, 1.807) is 7.11 Å². The maximum atomic E-state index is 6.28. The van der Waals surface area contributed by atoms with E-state index in [2.05, 4.69) is 44.4 Å². The Balaban J connectivity index is 3.04. The molecule has 0 saturated carbocycles. The Morgan fingerprint density at radius 3 is 2.58 bits per heavy atom. The van der Waals surface area contributed by atoms with Crippen LogP contribution in [0.25, 0.3) is 0 Å². The molecule has 0 bridgehead atoms. The van der Waals surface area contributed by atoms with Crippen molar-refractivity contribution in [3.8, 4) is 0 Å². The molecular weight excluding hydrogens is 256 g/mol. The van der Waals surface area contributed by atoms with E-state index in [9.17, 15) is 0 Å². The van der Waals surface area contributed by atoms with Crippen LogP contribution in [0.1, 0.15) is 40.5 Å². The second kappa shape index (κ2) is 7.30. The van der Waals surface area contributed by atoms with Crippen LogP contribution in [0.5, 0.6) is 0 Å². The first-order valence-corrected chi connectivity index (χ1v) is 8.64. The number of thioether (sulfide) groups is 1. The van der Waals surface area contributed by atoms with E-state index in [0.717, 1.165) is 31.9 Å². The van der Waals surface area contributed by atoms with Gasteiger partial charge in [-0.1, -0.05) is 20.8 Å². The third kappa shape index (κ3) is 3.46. The molecule has 1 aliphatic rings. The smallest absolute Gasteiger partial charge is 0.0590 e. The van der Waals surface area contributed by atoms with Crippen LogP contribution in [0.15, 0.2) is 0 Å². The van der Waals surface area contributed by atoms with Gasteiger partial charge in [0.05, 0.1) is 6.61 Å². The highest BCUT2D eigenvalue weighted by molar-refractivity contribution is 7.99. The van der Waals surface area contributed by atoms with Gasteiger partial charge in [0.25, 0.3) is 0 Å². The van der Waals surface area contributed by atoms with Gasteiger partial charge in [0.1, 0.15) is 0 Å². The van der Waals surface area contributed by atoms with Gasteiger partial charge in [0.2, 0.25) is 0 Å². The van der Waals surface area contributed by atoms with Crippen LogP contribution in [0.2, 0.25) is 0 Å². The van der Waals surface area contributed by atoms with E-state index in [4.69, 9.17) is 10.5 Å². The standard InChI is InChI=1S/C15H32N2OS/c1-6-13(2)17(8-9-18-5)15(11-16)12-19-10-7-14(15,3)4/h13H,6-12,16H2,1-5H3. The molecule has 2 atom stereocenters. The maximum absolute atomic E-state index is 6.28. The predicted molar refractivity (Wildman–Crippen MR) is 85.8 cm³/mol. The van der Waals surface area contributed by atoms with Gasteiger partial charge < -0.3 is 10.5 Å². The maximum Gasteiger partial charge on any atom is 0.0590 e. The first-order chi connectivity index (χ1) is 8.95. The van der Waals surface area contributed by atoms with Crippen molar-refractivity contribution in [2.24, 2.45) is 11.1 Å². The first-order valence-electron chi connectivity index (χ1n) is 7.48. The van der Waals surface area contributed by atoms with Gasteiger partial charge in [-0.15, -0.1) is 0 Å². The molecule has 2 N–H and O–H groups in total. The molecule has 1 saturated heterocycles. The highest BCUT2D eigenvalue weighted by Crippen LogP contribution is 2.46. The van der Waals surface area contributed by atoms with Crippen molar-refractivity contribution in [2.45, 2.75) is 52.1 Å². The summed E-state index contributed by atoms with van der Waals surface area (Å²) in [5.41, 5.74) is 6.65. The fourth-order valence-corrected chi connectivity index (χ4v) is 5.00. The average Bonchev–Trinajstić information content (AvgIpc) is 2.40. The molecule has 0 aromatic heterocycles. The Morgan fingerprint density at radius 1 is 1.42 bits per heavy atom. The lowest BCUT2D eigenvalue weighted by molar-refractivity contribution is -0.0366. The van der Waals surface area contributed by atoms with Crippen LogP contribution in [0, 0.1) is 5.41 Å². The molecule has 0 aromatic carbocycles. The molecule has 4 heteroatoms. The van der Waals surface area contributed by atoms with E-state index in [1.165, 1.54) is 12.2 Å². The Kier molecular flexibility index (Phi) is 6.64. The summed E-state index contributed by atoms with van der Waals surface area (Å²) in [5.74, 6) is 2.40. The molecule has 1 fully saturated rings. The second-order valence-corrected chi connectivity index (χ2v) is 7.47. The summed E-state index contributed by atoms with van der Waals surface area (Å²) < 4.78 is 5.33. The minimum absolute atomic E-state index is 0.101. The van der Waals surface area contributed by atoms with E-state index < -0.39 is 0 Å². The third-order valence-electron chi connectivity index (χ3n) is 5.02. The quantitative estimate of drug-likeness (QED) is 0.781. The zero-order valence-electron chi connectivity index (χ0n) is 13.4. The van der Waals surface area contributed by atoms with Gasteiger partial charge >= 0.3 is 0 Å². The van der Waals surface area contributed by atoms with Gasteiger partial charge in [-0.25, -0.2) is 0 Å². The second-order valence-electron chi connectivity index (χ2n) is 6.37. The molecular formula is C15H32N2OS. The van der Waals surface area contributed by atoms with Crippen molar-refractivity contribution >= 4 is 11.8 Å². The summed E-state index contributed by atoms with van der Waals surface area (Å²) in [4.78, 5) is 2.63. The highest BCUT2D eigenvalue weighted by atomic mass is 32.2. The van der Waals surface area contributed by atoms with E-state index in [1.807, 2.05) is 0 Å². The van der Waals surface area contributed by atoms with Gasteiger partial charge in [-0.3, -0.25) is 4.90 Å². The molecule has 0 radical (unpaired) electrons. The van der Waals surface area contributed by atoms with Crippen molar-refractivity contribution in [1.29, 1.82) is 0 Å². The third-order valence-corrected chi connectivity index (χ3v) is 6.19. The molecule has 1 rings (SSSR count). The van der Waals surface area contributed by atoms with E-state index >= 15 is 0 Å². The fourth-order valence-electron chi connectivity index (χ4n) is 3.19. The summed E-state index contributed by atoms with van der Waals surface area (Å²) in [7, 11) is 1.78. The Bertz CT molecular complexity index is 273. The van der Waals surface area contributed by atoms with Crippen molar-refractivity contribution in [3.63, 3.8) is 0 Å². The van der Waals surface area contributed by atoms with E-state index in [-0.39, 0.29) is 11.0 Å². The molecule has 19 heavy (non-hydrogen) atoms. The van der Waals surface area contributed by atoms with Crippen LogP contribution in [0.4, 0.5) is 0 Å². The number of rotatable bonds is 7. The lowest BCUT2D eigenvalue weighted by Gasteiger charge is -2.57. The Hall–Kier alpha value is 0.230. The first kappa shape index (κ1) is 17.3. The van der Waals surface area contributed by atoms with Crippen LogP contribution in [0.3, 0.4) is 0 Å². The lowest BCUT2D eigenvalue weighted by Crippen LogP contribution is -2.68. The van der Waals surface area contributed by atoms with Crippen molar-refractivity contribution < 1.29 is 4.74 Å². The number of nitrogens with two attached hydrogens (primary N) is 1. The van der Waals surface area contributed by atoms with Gasteiger partial charge in [0, 0.05) is 37.5 Å². The zero-order valence-corrected chi connectivity index (χ0v) is 14.2. The predicted octanol–water partition coefficient (Wildman–Crippen LogP) is 2.59. The fraction of sp³-hybridized carbons (Fsp3) is 1.00. The highest BCUT2D eigenvalue weighted by Gasteiger charge is 2.50. The van der Waals surface area contributed by atoms with Crippen LogP contribution >= 0.6 is 11.8 Å². The summed E-state index contributed by atoms with van der Waals surface area (Å²) in [6.45, 7) is 11.9. The molecule has 1 heterocycles. The van der Waals surface area contributed by atoms with Gasteiger partial charge in [-0.05, 0) is 30.9 Å². The molecule has 2 unspecified atom stereocenters. The van der Waals surface area contributed by atoms with Crippen LogP contribution in [-0.4, -0.2) is 54.8 Å².